The number of nitrogens with two attached hydrogens (primary N) is 2. The molecule has 0 bridgehead atoms. The van der Waals surface area contributed by atoms with E-state index in [0.29, 0.717) is 12.2 Å². The minimum atomic E-state index is -3.70. The Labute approximate surface area is 264 Å². The van der Waals surface area contributed by atoms with Gasteiger partial charge in [0, 0.05) is 0 Å². The van der Waals surface area contributed by atoms with Crippen LogP contribution < -0.4 is 20.7 Å². The molecule has 4 rings (SSSR count). The van der Waals surface area contributed by atoms with Gasteiger partial charge in [0.1, 0.15) is 0 Å². The highest BCUT2D eigenvalue weighted by atomic mass is 32.2. The van der Waals surface area contributed by atoms with Gasteiger partial charge in [-0.15, -0.1) is 0 Å². The third-order valence-corrected chi connectivity index (χ3v) is 13.4. The largest absolute Gasteiger partial charge is 0.403 e. The first-order chi connectivity index (χ1) is 20.6. The van der Waals surface area contributed by atoms with E-state index < -0.39 is 35.5 Å². The van der Waals surface area contributed by atoms with E-state index in [9.17, 15) is 21.2 Å². The zero-order valence-electron chi connectivity index (χ0n) is 25.4. The van der Waals surface area contributed by atoms with E-state index in [1.807, 2.05) is 12.1 Å². The lowest BCUT2D eigenvalue weighted by molar-refractivity contribution is 0.282. The summed E-state index contributed by atoms with van der Waals surface area (Å²) < 4.78 is 66.9. The minimum Gasteiger partial charge on any atom is -0.403 e. The molecule has 0 radical (unpaired) electrons. The van der Waals surface area contributed by atoms with Crippen LogP contribution in [-0.2, 0) is 37.7 Å². The Bertz CT molecular complexity index is 1620. The summed E-state index contributed by atoms with van der Waals surface area (Å²) in [7, 11) is -10.9. The smallest absolute Gasteiger partial charge is 0.261 e. The standard InChI is InChI=1S/C23H27NO3SSi.C7H9NO3S.CH3F.CH4/c1-23(2,3)29(21-10-6-4-7-11-21,22-12-8-5-9-13-22)27-18-19-14-16-20(17-15-19)28(24,25)26;8-12(10,11)7-3-1-6(5-9)2-4-7;1-2;/h4-17H,18H2,1-3H3,(H2,24,25,26);1-4,9H,5H2,(H2,8,10,11);1H3;1H4/i;;1D;. The third kappa shape index (κ3) is 10.2. The Kier molecular flexibility index (Phi) is 14.1. The molecule has 0 fully saturated rings. The summed E-state index contributed by atoms with van der Waals surface area (Å²) in [4.78, 5) is 0.159. The molecule has 0 aliphatic carbocycles. The summed E-state index contributed by atoms with van der Waals surface area (Å²) in [6.45, 7) is 6.96. The molecule has 4 aromatic carbocycles. The summed E-state index contributed by atoms with van der Waals surface area (Å²) in [5.74, 6) is 0. The first-order valence-corrected chi connectivity index (χ1v) is 18.0. The van der Waals surface area contributed by atoms with Gasteiger partial charge in [0.15, 0.2) is 0 Å². The Balaban J connectivity index is 0.000000528. The van der Waals surface area contributed by atoms with Crippen molar-refractivity contribution < 1.29 is 32.1 Å². The van der Waals surface area contributed by atoms with E-state index >= 15 is 0 Å². The van der Waals surface area contributed by atoms with Crippen molar-refractivity contribution >= 4 is 38.7 Å². The van der Waals surface area contributed by atoms with Crippen LogP contribution in [0.4, 0.5) is 4.39 Å². The number of aliphatic hydroxyl groups excluding tert-OH is 1. The number of hydrogen-bond acceptors (Lipinski definition) is 6. The molecule has 240 valence electrons. The highest BCUT2D eigenvalue weighted by molar-refractivity contribution is 7.89. The van der Waals surface area contributed by atoms with E-state index in [-0.39, 0.29) is 28.9 Å². The van der Waals surface area contributed by atoms with Crippen molar-refractivity contribution in [1.29, 1.82) is 0 Å². The summed E-state index contributed by atoms with van der Waals surface area (Å²) in [6, 6.07) is 33.2. The molecule has 0 saturated carbocycles. The van der Waals surface area contributed by atoms with Crippen LogP contribution in [0.25, 0.3) is 0 Å². The molecule has 0 atom stereocenters. The number of primary sulfonamides is 2. The van der Waals surface area contributed by atoms with E-state index in [1.54, 1.807) is 12.1 Å². The van der Waals surface area contributed by atoms with Crippen LogP contribution in [0, 0.1) is 0 Å². The highest BCUT2D eigenvalue weighted by Gasteiger charge is 2.50. The maximum Gasteiger partial charge on any atom is 0.261 e. The topological polar surface area (TPSA) is 150 Å². The summed E-state index contributed by atoms with van der Waals surface area (Å²) in [5, 5.41) is 21.0. The van der Waals surface area contributed by atoms with Crippen molar-refractivity contribution in [3.63, 3.8) is 0 Å². The van der Waals surface area contributed by atoms with E-state index in [0.717, 1.165) is 5.56 Å². The van der Waals surface area contributed by atoms with E-state index in [4.69, 9.17) is 21.2 Å². The van der Waals surface area contributed by atoms with Gasteiger partial charge in [-0.3, -0.25) is 4.39 Å². The SMILES string of the molecule is C.CC(C)(C)[Si](OCc1ccc(S(N)(=O)=O)cc1)(c1ccccc1)c1ccccc1.NS(=O)(=O)c1ccc(CO)cc1.[2H]CF. The average Bonchev–Trinajstić information content (AvgIpc) is 2.98. The van der Waals surface area contributed by atoms with Crippen LogP contribution in [-0.4, -0.2) is 37.4 Å². The molecule has 12 heteroatoms. The van der Waals surface area contributed by atoms with Gasteiger partial charge < -0.3 is 9.53 Å². The quantitative estimate of drug-likeness (QED) is 0.237. The van der Waals surface area contributed by atoms with Crippen molar-refractivity contribution in [3.8, 4) is 0 Å². The summed E-state index contributed by atoms with van der Waals surface area (Å²) in [6.07, 6.45) is 0. The number of alkyl halides is 1. The van der Waals surface area contributed by atoms with E-state index in [1.165, 1.54) is 46.8 Å². The maximum absolute atomic E-state index is 11.5. The van der Waals surface area contributed by atoms with Gasteiger partial charge in [-0.1, -0.05) is 113 Å². The van der Waals surface area contributed by atoms with Crippen molar-refractivity contribution in [3.05, 3.63) is 120 Å². The number of aliphatic hydroxyl groups is 1. The van der Waals surface area contributed by atoms with Gasteiger partial charge in [0.25, 0.3) is 8.32 Å². The molecular formula is C32H43FN2O6S2Si. The molecule has 0 amide bonds. The van der Waals surface area contributed by atoms with Gasteiger partial charge in [0.05, 0.1) is 31.5 Å². The maximum atomic E-state index is 11.5. The summed E-state index contributed by atoms with van der Waals surface area (Å²) in [5.41, 5.74) is 1.56. The molecule has 44 heavy (non-hydrogen) atoms. The van der Waals surface area contributed by atoms with Gasteiger partial charge in [-0.2, -0.15) is 0 Å². The van der Waals surface area contributed by atoms with Crippen LogP contribution in [0.3, 0.4) is 0 Å². The second-order valence-corrected chi connectivity index (χ2v) is 17.9. The lowest BCUT2D eigenvalue weighted by Crippen LogP contribution is -2.66. The van der Waals surface area contributed by atoms with Crippen LogP contribution >= 0.6 is 0 Å². The van der Waals surface area contributed by atoms with Crippen LogP contribution in [0.1, 0.15) is 40.7 Å². The van der Waals surface area contributed by atoms with Gasteiger partial charge in [-0.25, -0.2) is 27.1 Å². The second kappa shape index (κ2) is 16.7. The molecule has 0 unspecified atom stereocenters. The first kappa shape index (κ1) is 37.0. The molecule has 5 N–H and O–H groups in total. The van der Waals surface area contributed by atoms with Crippen molar-refractivity contribution in [2.24, 2.45) is 10.3 Å². The average molecular weight is 664 g/mol. The number of halogens is 1. The van der Waals surface area contributed by atoms with Gasteiger partial charge in [0.2, 0.25) is 20.0 Å². The molecule has 8 nitrogen and oxygen atoms in total. The molecule has 0 aliphatic heterocycles. The number of hydrogen-bond donors (Lipinski definition) is 3. The predicted molar refractivity (Wildman–Crippen MR) is 178 cm³/mol. The first-order valence-electron chi connectivity index (χ1n) is 13.8. The lowest BCUT2D eigenvalue weighted by Gasteiger charge is -2.43. The molecule has 0 saturated heterocycles. The Morgan fingerprint density at radius 2 is 1.07 bits per heavy atom. The minimum absolute atomic E-state index is 0. The molecule has 0 aromatic heterocycles. The van der Waals surface area contributed by atoms with Gasteiger partial charge >= 0.3 is 0 Å². The fourth-order valence-corrected chi connectivity index (χ4v) is 10.1. The fraction of sp³-hybridized carbons (Fsp3) is 0.250. The fourth-order valence-electron chi connectivity index (χ4n) is 4.51. The molecule has 4 aromatic rings. The summed E-state index contributed by atoms with van der Waals surface area (Å²) >= 11 is 0. The zero-order chi connectivity index (χ0) is 33.0. The van der Waals surface area contributed by atoms with Gasteiger partial charge in [-0.05, 0) is 50.8 Å². The zero-order valence-corrected chi connectivity index (χ0v) is 27.0. The molecule has 0 aliphatic rings. The molecular weight excluding hydrogens is 620 g/mol. The third-order valence-electron chi connectivity index (χ3n) is 6.56. The Morgan fingerprint density at radius 1 is 0.727 bits per heavy atom. The predicted octanol–water partition coefficient (Wildman–Crippen LogP) is 4.46. The Hall–Kier alpha value is -3.23. The monoisotopic (exact) mass is 663 g/mol. The molecule has 0 spiro atoms. The second-order valence-electron chi connectivity index (χ2n) is 10.5. The van der Waals surface area contributed by atoms with E-state index in [2.05, 4.69) is 69.3 Å². The Morgan fingerprint density at radius 3 is 1.36 bits per heavy atom. The number of sulfonamides is 2. The van der Waals surface area contributed by atoms with Crippen molar-refractivity contribution in [2.75, 3.05) is 7.15 Å². The van der Waals surface area contributed by atoms with Crippen LogP contribution in [0.15, 0.2) is 119 Å². The van der Waals surface area contributed by atoms with Crippen LogP contribution in [0.5, 0.6) is 0 Å². The van der Waals surface area contributed by atoms with Crippen LogP contribution in [0.2, 0.25) is 5.04 Å². The normalized spacial score (nSPS) is 11.9. The highest BCUT2D eigenvalue weighted by Crippen LogP contribution is 2.37. The number of benzene rings is 4. The number of rotatable bonds is 8. The molecule has 0 heterocycles. The van der Waals surface area contributed by atoms with Crippen molar-refractivity contribution in [1.82, 2.24) is 0 Å². The van der Waals surface area contributed by atoms with Crippen molar-refractivity contribution in [2.45, 2.75) is 56.2 Å². The lowest BCUT2D eigenvalue weighted by atomic mass is 10.2.